The van der Waals surface area contributed by atoms with Crippen LogP contribution in [0.25, 0.3) is 0 Å². The van der Waals surface area contributed by atoms with Crippen LogP contribution in [0.2, 0.25) is 0 Å². The molecule has 2 N–H and O–H groups in total. The molecular weight excluding hydrogens is 316 g/mol. The summed E-state index contributed by atoms with van der Waals surface area (Å²) in [5.41, 5.74) is 0. The minimum absolute atomic E-state index is 0.0455. The number of hydrogen-bond acceptors (Lipinski definition) is 3. The van der Waals surface area contributed by atoms with Crippen molar-refractivity contribution < 1.29 is 8.42 Å². The summed E-state index contributed by atoms with van der Waals surface area (Å²) < 4.78 is 28.0. The van der Waals surface area contributed by atoms with Gasteiger partial charge in [0.15, 0.2) is 0 Å². The summed E-state index contributed by atoms with van der Waals surface area (Å²) in [5.74, 6) is 0.350. The van der Waals surface area contributed by atoms with E-state index in [9.17, 15) is 8.42 Å². The topological polar surface area (TPSA) is 58.2 Å². The van der Waals surface area contributed by atoms with E-state index in [1.54, 1.807) is 24.3 Å². The first-order valence-corrected chi connectivity index (χ1v) is 8.26. The predicted octanol–water partition coefficient (Wildman–Crippen LogP) is 1.73. The fourth-order valence-corrected chi connectivity index (χ4v) is 4.42. The van der Waals surface area contributed by atoms with Crippen molar-refractivity contribution in [1.82, 2.24) is 10.0 Å². The molecule has 1 saturated heterocycles. The van der Waals surface area contributed by atoms with E-state index >= 15 is 0 Å². The molecule has 0 bridgehead atoms. The van der Waals surface area contributed by atoms with Crippen LogP contribution in [0, 0.1) is 5.92 Å². The summed E-state index contributed by atoms with van der Waals surface area (Å²) >= 11 is 3.28. The van der Waals surface area contributed by atoms with Crippen LogP contribution in [-0.2, 0) is 10.0 Å². The van der Waals surface area contributed by atoms with E-state index < -0.39 is 10.0 Å². The van der Waals surface area contributed by atoms with Gasteiger partial charge in [0.1, 0.15) is 0 Å². The summed E-state index contributed by atoms with van der Waals surface area (Å²) in [6, 6.07) is 6.82. The summed E-state index contributed by atoms with van der Waals surface area (Å²) in [4.78, 5) is 0.294. The minimum Gasteiger partial charge on any atom is -0.315 e. The molecule has 0 amide bonds. The quantitative estimate of drug-likeness (QED) is 0.886. The summed E-state index contributed by atoms with van der Waals surface area (Å²) in [7, 11) is -3.46. The van der Waals surface area contributed by atoms with Gasteiger partial charge in [0.25, 0.3) is 0 Å². The van der Waals surface area contributed by atoms with Gasteiger partial charge in [0.05, 0.1) is 4.90 Å². The monoisotopic (exact) mass is 332 g/mol. The van der Waals surface area contributed by atoms with Crippen LogP contribution < -0.4 is 10.0 Å². The molecule has 0 radical (unpaired) electrons. The average molecular weight is 333 g/mol. The van der Waals surface area contributed by atoms with Gasteiger partial charge >= 0.3 is 0 Å². The van der Waals surface area contributed by atoms with Crippen molar-refractivity contribution in [3.63, 3.8) is 0 Å². The molecule has 1 aliphatic heterocycles. The zero-order valence-electron chi connectivity index (χ0n) is 10.2. The minimum atomic E-state index is -3.46. The van der Waals surface area contributed by atoms with Crippen molar-refractivity contribution in [3.05, 3.63) is 28.7 Å². The van der Waals surface area contributed by atoms with Gasteiger partial charge in [-0.05, 0) is 46.9 Å². The van der Waals surface area contributed by atoms with E-state index in [2.05, 4.69) is 32.9 Å². The molecule has 1 heterocycles. The smallest absolute Gasteiger partial charge is 0.241 e. The van der Waals surface area contributed by atoms with Gasteiger partial charge in [-0.1, -0.05) is 19.1 Å². The molecule has 0 saturated carbocycles. The van der Waals surface area contributed by atoms with Gasteiger partial charge in [-0.15, -0.1) is 0 Å². The van der Waals surface area contributed by atoms with Crippen molar-refractivity contribution in [1.29, 1.82) is 0 Å². The summed E-state index contributed by atoms with van der Waals surface area (Å²) in [6.45, 7) is 3.72. The zero-order chi connectivity index (χ0) is 13.2. The Bertz CT molecular complexity index is 519. The van der Waals surface area contributed by atoms with Gasteiger partial charge in [-0.3, -0.25) is 0 Å². The molecule has 0 aromatic heterocycles. The van der Waals surface area contributed by atoms with Gasteiger partial charge in [0, 0.05) is 17.1 Å². The number of rotatable bonds is 3. The molecule has 1 aromatic carbocycles. The first-order valence-electron chi connectivity index (χ1n) is 5.98. The van der Waals surface area contributed by atoms with Gasteiger partial charge in [0.2, 0.25) is 10.0 Å². The molecule has 0 spiro atoms. The van der Waals surface area contributed by atoms with E-state index in [0.29, 0.717) is 21.8 Å². The first-order chi connectivity index (χ1) is 8.50. The fraction of sp³-hybridized carbons (Fsp3) is 0.500. The highest BCUT2D eigenvalue weighted by atomic mass is 79.9. The highest BCUT2D eigenvalue weighted by Gasteiger charge is 2.27. The van der Waals surface area contributed by atoms with E-state index in [0.717, 1.165) is 13.0 Å². The van der Waals surface area contributed by atoms with Crippen molar-refractivity contribution >= 4 is 26.0 Å². The Morgan fingerprint density at radius 2 is 2.11 bits per heavy atom. The number of sulfonamides is 1. The number of benzene rings is 1. The molecule has 2 rings (SSSR count). The van der Waals surface area contributed by atoms with E-state index in [4.69, 9.17) is 0 Å². The molecule has 0 aliphatic carbocycles. The molecule has 1 fully saturated rings. The third-order valence-electron chi connectivity index (χ3n) is 3.26. The number of hydrogen-bond donors (Lipinski definition) is 2. The Morgan fingerprint density at radius 1 is 1.39 bits per heavy atom. The molecule has 2 unspecified atom stereocenters. The molecule has 2 atom stereocenters. The van der Waals surface area contributed by atoms with Crippen LogP contribution in [-0.4, -0.2) is 27.5 Å². The van der Waals surface area contributed by atoms with Crippen molar-refractivity contribution in [2.45, 2.75) is 24.3 Å². The van der Waals surface area contributed by atoms with Crippen LogP contribution in [0.4, 0.5) is 0 Å². The lowest BCUT2D eigenvalue weighted by molar-refractivity contribution is 0.327. The number of nitrogens with one attached hydrogen (secondary N) is 2. The standard InChI is InChI=1S/C12H17BrN2O2S/c1-9-6-7-14-8-11(9)15-18(16,17)12-5-3-2-4-10(12)13/h2-5,9,11,14-15H,6-8H2,1H3. The third-order valence-corrected chi connectivity index (χ3v) is 5.76. The Balaban J connectivity index is 2.19. The van der Waals surface area contributed by atoms with Crippen LogP contribution in [0.1, 0.15) is 13.3 Å². The molecule has 6 heteroatoms. The van der Waals surface area contributed by atoms with Crippen LogP contribution >= 0.6 is 15.9 Å². The van der Waals surface area contributed by atoms with Crippen LogP contribution in [0.5, 0.6) is 0 Å². The second-order valence-electron chi connectivity index (χ2n) is 4.63. The Kier molecular flexibility index (Phi) is 4.42. The second-order valence-corrected chi connectivity index (χ2v) is 7.17. The predicted molar refractivity (Wildman–Crippen MR) is 74.9 cm³/mol. The zero-order valence-corrected chi connectivity index (χ0v) is 12.6. The molecule has 4 nitrogen and oxygen atoms in total. The van der Waals surface area contributed by atoms with E-state index in [1.165, 1.54) is 0 Å². The lowest BCUT2D eigenvalue weighted by atomic mass is 9.96. The lowest BCUT2D eigenvalue weighted by Crippen LogP contribution is -2.50. The van der Waals surface area contributed by atoms with Crippen LogP contribution in [0.3, 0.4) is 0 Å². The molecule has 1 aromatic rings. The summed E-state index contributed by atoms with van der Waals surface area (Å²) in [6.07, 6.45) is 0.989. The normalized spacial score (nSPS) is 25.0. The molecule has 100 valence electrons. The maximum atomic E-state index is 12.3. The summed E-state index contributed by atoms with van der Waals surface area (Å²) in [5, 5.41) is 3.22. The second kappa shape index (κ2) is 5.69. The van der Waals surface area contributed by atoms with Gasteiger partial charge < -0.3 is 5.32 Å². The largest absolute Gasteiger partial charge is 0.315 e. The highest BCUT2D eigenvalue weighted by molar-refractivity contribution is 9.10. The van der Waals surface area contributed by atoms with Crippen molar-refractivity contribution in [2.24, 2.45) is 5.92 Å². The maximum Gasteiger partial charge on any atom is 0.241 e. The maximum absolute atomic E-state index is 12.3. The molecular formula is C12H17BrN2O2S. The molecule has 1 aliphatic rings. The fourth-order valence-electron chi connectivity index (χ4n) is 2.07. The van der Waals surface area contributed by atoms with Crippen LogP contribution in [0.15, 0.2) is 33.6 Å². The SMILES string of the molecule is CC1CCNCC1NS(=O)(=O)c1ccccc1Br. The first kappa shape index (κ1) is 14.0. The molecule has 18 heavy (non-hydrogen) atoms. The van der Waals surface area contributed by atoms with E-state index in [-0.39, 0.29) is 6.04 Å². The van der Waals surface area contributed by atoms with E-state index in [1.807, 2.05) is 0 Å². The van der Waals surface area contributed by atoms with Gasteiger partial charge in [-0.2, -0.15) is 0 Å². The Labute approximate surface area is 116 Å². The average Bonchev–Trinajstić information content (AvgIpc) is 2.32. The van der Waals surface area contributed by atoms with Crippen molar-refractivity contribution in [3.8, 4) is 0 Å². The Hall–Kier alpha value is -0.430. The van der Waals surface area contributed by atoms with Crippen molar-refractivity contribution in [2.75, 3.05) is 13.1 Å². The third kappa shape index (κ3) is 3.12. The number of piperidine rings is 1. The number of halogens is 1. The lowest BCUT2D eigenvalue weighted by Gasteiger charge is -2.30. The Morgan fingerprint density at radius 3 is 2.78 bits per heavy atom. The van der Waals surface area contributed by atoms with Gasteiger partial charge in [-0.25, -0.2) is 13.1 Å². The highest BCUT2D eigenvalue weighted by Crippen LogP contribution is 2.22.